The van der Waals surface area contributed by atoms with Gasteiger partial charge in [0.15, 0.2) is 6.61 Å². The van der Waals surface area contributed by atoms with Crippen LogP contribution in [0.1, 0.15) is 18.5 Å². The van der Waals surface area contributed by atoms with E-state index in [0.717, 1.165) is 19.1 Å². The molecule has 13 heteroatoms. The average Bonchev–Trinajstić information content (AvgIpc) is 3.52. The van der Waals surface area contributed by atoms with Gasteiger partial charge in [0.05, 0.1) is 16.3 Å². The summed E-state index contributed by atoms with van der Waals surface area (Å²) < 4.78 is 29.7. The number of carbonyl (C=O) groups is 2. The van der Waals surface area contributed by atoms with Crippen molar-refractivity contribution in [2.45, 2.75) is 24.7 Å². The molecule has 2 aromatic carbocycles. The minimum Gasteiger partial charge on any atom is -0.385 e. The first-order chi connectivity index (χ1) is 18.2. The highest BCUT2D eigenvalue weighted by molar-refractivity contribution is 7.89. The number of nitrogens with one attached hydrogen (secondary N) is 2. The second-order valence-corrected chi connectivity index (χ2v) is 10.6. The Balaban J connectivity index is 1.28. The van der Waals surface area contributed by atoms with Gasteiger partial charge in [-0.1, -0.05) is 23.4 Å². The molecule has 0 saturated carbocycles. The van der Waals surface area contributed by atoms with Crippen molar-refractivity contribution >= 4 is 39.4 Å². The van der Waals surface area contributed by atoms with Crippen molar-refractivity contribution in [3.8, 4) is 5.69 Å². The predicted molar refractivity (Wildman–Crippen MR) is 142 cm³/mol. The highest BCUT2D eigenvalue weighted by atomic mass is 32.2. The molecule has 1 fully saturated rings. The Kier molecular flexibility index (Phi) is 8.08. The fourth-order valence-corrected chi connectivity index (χ4v) is 5.55. The van der Waals surface area contributed by atoms with Crippen LogP contribution in [-0.2, 0) is 31.5 Å². The molecule has 2 N–H and O–H groups in total. The molecule has 0 atom stereocenters. The zero-order valence-electron chi connectivity index (χ0n) is 21.0. The number of carbonyl (C=O) groups excluding carboxylic acids is 2. The van der Waals surface area contributed by atoms with Gasteiger partial charge in [-0.2, -0.15) is 4.31 Å². The predicted octanol–water partition coefficient (Wildman–Crippen LogP) is 1.85. The molecule has 0 aliphatic carbocycles. The fourth-order valence-electron chi connectivity index (χ4n) is 4.03. The molecule has 2 amide bonds. The normalized spacial score (nSPS) is 14.1. The molecule has 1 aliphatic rings. The summed E-state index contributed by atoms with van der Waals surface area (Å²) >= 11 is 0. The highest BCUT2D eigenvalue weighted by Gasteiger charge is 2.27. The number of para-hydroxylation sites is 1. The van der Waals surface area contributed by atoms with Crippen molar-refractivity contribution in [3.63, 3.8) is 0 Å². The molecule has 0 spiro atoms. The first kappa shape index (κ1) is 26.8. The van der Waals surface area contributed by atoms with Crippen LogP contribution in [0.4, 0.5) is 11.4 Å². The second kappa shape index (κ2) is 11.4. The van der Waals surface area contributed by atoms with Crippen LogP contribution in [0.15, 0.2) is 69.4 Å². The molecular formula is C25H28N6O6S. The molecule has 2 heterocycles. The van der Waals surface area contributed by atoms with E-state index in [1.54, 1.807) is 42.9 Å². The number of amides is 2. The van der Waals surface area contributed by atoms with Gasteiger partial charge < -0.3 is 15.5 Å². The van der Waals surface area contributed by atoms with E-state index in [4.69, 9.17) is 4.84 Å². The third-order valence-corrected chi connectivity index (χ3v) is 8.00. The second-order valence-electron chi connectivity index (χ2n) is 8.62. The number of nitrogens with zero attached hydrogens (tertiary/aromatic N) is 4. The van der Waals surface area contributed by atoms with Crippen molar-refractivity contribution in [1.82, 2.24) is 13.7 Å². The first-order valence-electron chi connectivity index (χ1n) is 11.9. The molecular weight excluding hydrogens is 512 g/mol. The van der Waals surface area contributed by atoms with E-state index < -0.39 is 34.0 Å². The van der Waals surface area contributed by atoms with Crippen LogP contribution >= 0.6 is 0 Å². The number of benzene rings is 2. The Morgan fingerprint density at radius 1 is 1.03 bits per heavy atom. The van der Waals surface area contributed by atoms with Crippen LogP contribution in [0.3, 0.4) is 0 Å². The summed E-state index contributed by atoms with van der Waals surface area (Å²) in [5, 5.41) is 8.55. The molecule has 1 aliphatic heterocycles. The zero-order valence-corrected chi connectivity index (χ0v) is 21.8. The highest BCUT2D eigenvalue weighted by Crippen LogP contribution is 2.22. The van der Waals surface area contributed by atoms with Gasteiger partial charge in [-0.05, 0) is 56.2 Å². The van der Waals surface area contributed by atoms with Crippen molar-refractivity contribution < 1.29 is 22.8 Å². The molecule has 0 radical (unpaired) electrons. The standard InChI is InChI=1S/C25H28N6O6S/c1-18-24(25(34)31(29(18)2)20-8-4-3-5-9-20)28-22(32)16-26-37-17-23(33)27-19-10-12-21(13-11-19)38(35,36)30-14-6-7-15-30/h3-5,8-13,16H,6-7,14-15,17H2,1-2H3,(H,27,33)(H,28,32). The molecule has 200 valence electrons. The summed E-state index contributed by atoms with van der Waals surface area (Å²) in [5.41, 5.74) is 1.27. The van der Waals surface area contributed by atoms with E-state index in [2.05, 4.69) is 15.8 Å². The molecule has 4 rings (SSSR count). The van der Waals surface area contributed by atoms with Crippen LogP contribution in [0.25, 0.3) is 5.69 Å². The molecule has 38 heavy (non-hydrogen) atoms. The van der Waals surface area contributed by atoms with Gasteiger partial charge in [0.2, 0.25) is 10.0 Å². The monoisotopic (exact) mass is 540 g/mol. The maximum absolute atomic E-state index is 12.8. The Bertz CT molecular complexity index is 1500. The van der Waals surface area contributed by atoms with Crippen LogP contribution in [-0.4, -0.2) is 59.8 Å². The van der Waals surface area contributed by atoms with E-state index in [-0.39, 0.29) is 10.6 Å². The Labute approximate surface area is 219 Å². The quantitative estimate of drug-likeness (QED) is 0.313. The summed E-state index contributed by atoms with van der Waals surface area (Å²) in [4.78, 5) is 42.3. The fraction of sp³-hybridized carbons (Fsp3) is 0.280. The first-order valence-corrected chi connectivity index (χ1v) is 13.3. The van der Waals surface area contributed by atoms with Crippen LogP contribution < -0.4 is 16.2 Å². The van der Waals surface area contributed by atoms with Gasteiger partial charge in [0.25, 0.3) is 17.4 Å². The third-order valence-electron chi connectivity index (χ3n) is 6.08. The summed E-state index contributed by atoms with van der Waals surface area (Å²) in [5.74, 6) is -1.26. The lowest BCUT2D eigenvalue weighted by Gasteiger charge is -2.15. The SMILES string of the molecule is Cc1c(NC(=O)C=NOCC(=O)Nc2ccc(S(=O)(=O)N3CCCC3)cc2)c(=O)n(-c2ccccc2)n1C. The lowest BCUT2D eigenvalue weighted by Crippen LogP contribution is -2.27. The van der Waals surface area contributed by atoms with Gasteiger partial charge in [0.1, 0.15) is 11.9 Å². The Hall–Kier alpha value is -4.23. The summed E-state index contributed by atoms with van der Waals surface area (Å²) in [6, 6.07) is 14.8. The van der Waals surface area contributed by atoms with Crippen molar-refractivity contribution in [1.29, 1.82) is 0 Å². The van der Waals surface area contributed by atoms with Crippen molar-refractivity contribution in [3.05, 3.63) is 70.6 Å². The van der Waals surface area contributed by atoms with Gasteiger partial charge in [-0.15, -0.1) is 0 Å². The summed E-state index contributed by atoms with van der Waals surface area (Å²) in [6.07, 6.45) is 2.51. The van der Waals surface area contributed by atoms with Crippen LogP contribution in [0.2, 0.25) is 0 Å². The number of rotatable bonds is 9. The van der Waals surface area contributed by atoms with Crippen molar-refractivity contribution in [2.24, 2.45) is 12.2 Å². The van der Waals surface area contributed by atoms with Crippen LogP contribution in [0, 0.1) is 6.92 Å². The van der Waals surface area contributed by atoms with E-state index in [1.165, 1.54) is 33.3 Å². The van der Waals surface area contributed by atoms with Gasteiger partial charge in [0, 0.05) is 25.8 Å². The lowest BCUT2D eigenvalue weighted by molar-refractivity contribution is -0.120. The lowest BCUT2D eigenvalue weighted by atomic mass is 10.3. The topological polar surface area (TPSA) is 144 Å². The molecule has 12 nitrogen and oxygen atoms in total. The third kappa shape index (κ3) is 5.84. The maximum atomic E-state index is 12.8. The number of hydrogen-bond acceptors (Lipinski definition) is 7. The van der Waals surface area contributed by atoms with E-state index >= 15 is 0 Å². The largest absolute Gasteiger partial charge is 0.385 e. The minimum absolute atomic E-state index is 0.0979. The summed E-state index contributed by atoms with van der Waals surface area (Å²) in [6.45, 7) is 2.23. The maximum Gasteiger partial charge on any atom is 0.295 e. The smallest absolute Gasteiger partial charge is 0.295 e. The van der Waals surface area contributed by atoms with Gasteiger partial charge in [-0.25, -0.2) is 13.1 Å². The van der Waals surface area contributed by atoms with Gasteiger partial charge >= 0.3 is 0 Å². The summed E-state index contributed by atoms with van der Waals surface area (Å²) in [7, 11) is -1.83. The van der Waals surface area contributed by atoms with Gasteiger partial charge in [-0.3, -0.25) is 19.1 Å². The Morgan fingerprint density at radius 2 is 1.68 bits per heavy atom. The molecule has 0 bridgehead atoms. The van der Waals surface area contributed by atoms with Crippen molar-refractivity contribution in [2.75, 3.05) is 30.3 Å². The molecule has 0 unspecified atom stereocenters. The molecule has 1 aromatic heterocycles. The molecule has 1 saturated heterocycles. The minimum atomic E-state index is -3.54. The number of sulfonamides is 1. The van der Waals surface area contributed by atoms with E-state index in [1.807, 2.05) is 6.07 Å². The number of anilines is 2. The van der Waals surface area contributed by atoms with Crippen LogP contribution in [0.5, 0.6) is 0 Å². The average molecular weight is 541 g/mol. The number of oxime groups is 1. The van der Waals surface area contributed by atoms with E-state index in [0.29, 0.717) is 30.2 Å². The number of aromatic nitrogens is 2. The number of hydrogen-bond donors (Lipinski definition) is 2. The zero-order chi connectivity index (χ0) is 27.3. The molecule has 3 aromatic rings. The van der Waals surface area contributed by atoms with E-state index in [9.17, 15) is 22.8 Å². The Morgan fingerprint density at radius 3 is 2.34 bits per heavy atom.